The summed E-state index contributed by atoms with van der Waals surface area (Å²) in [4.78, 5) is 4.30. The lowest BCUT2D eigenvalue weighted by atomic mass is 10.1. The molecule has 0 saturated carbocycles. The summed E-state index contributed by atoms with van der Waals surface area (Å²) in [7, 11) is 0. The third kappa shape index (κ3) is 2.74. The normalized spacial score (nSPS) is 10.2. The van der Waals surface area contributed by atoms with Crippen LogP contribution in [0.25, 0.3) is 11.4 Å². The maximum Gasteiger partial charge on any atom is 0.181 e. The number of aromatic nitrogens is 3. The highest BCUT2D eigenvalue weighted by atomic mass is 15.3. The van der Waals surface area contributed by atoms with Gasteiger partial charge in [0.15, 0.2) is 5.82 Å². The van der Waals surface area contributed by atoms with Gasteiger partial charge < -0.3 is 5.73 Å². The van der Waals surface area contributed by atoms with Crippen molar-refractivity contribution in [2.45, 2.75) is 6.54 Å². The van der Waals surface area contributed by atoms with E-state index in [1.165, 1.54) is 0 Å². The smallest absolute Gasteiger partial charge is 0.181 e. The Kier molecular flexibility index (Phi) is 3.36. The number of nitrogens with zero attached hydrogens (tertiary/aromatic N) is 4. The summed E-state index contributed by atoms with van der Waals surface area (Å²) in [6.45, 7) is 0.520. The van der Waals surface area contributed by atoms with Gasteiger partial charge in [0.1, 0.15) is 6.33 Å². The van der Waals surface area contributed by atoms with E-state index in [1.807, 2.05) is 42.5 Å². The van der Waals surface area contributed by atoms with Gasteiger partial charge >= 0.3 is 0 Å². The SMILES string of the molecule is N#Cc1ccccc1Cn1cnc(-c2ccc(N)cc2)n1. The van der Waals surface area contributed by atoms with Crippen molar-refractivity contribution >= 4 is 5.69 Å². The quantitative estimate of drug-likeness (QED) is 0.744. The predicted octanol–water partition coefficient (Wildman–Crippen LogP) is 2.45. The summed E-state index contributed by atoms with van der Waals surface area (Å²) in [6, 6.07) is 17.1. The molecule has 0 fully saturated rings. The third-order valence-corrected chi connectivity index (χ3v) is 3.18. The van der Waals surface area contributed by atoms with Gasteiger partial charge in [-0.3, -0.25) is 0 Å². The maximum atomic E-state index is 9.10. The average Bonchev–Trinajstić information content (AvgIpc) is 2.97. The maximum absolute atomic E-state index is 9.10. The second kappa shape index (κ2) is 5.47. The van der Waals surface area contributed by atoms with Crippen LogP contribution in [0.1, 0.15) is 11.1 Å². The van der Waals surface area contributed by atoms with Crippen molar-refractivity contribution in [3.05, 3.63) is 66.0 Å². The van der Waals surface area contributed by atoms with E-state index in [0.29, 0.717) is 23.6 Å². The Morgan fingerprint density at radius 1 is 1.10 bits per heavy atom. The lowest BCUT2D eigenvalue weighted by molar-refractivity contribution is 0.685. The molecule has 1 aromatic heterocycles. The number of nitriles is 1. The van der Waals surface area contributed by atoms with Crippen LogP contribution < -0.4 is 5.73 Å². The lowest BCUT2D eigenvalue weighted by Gasteiger charge is -2.03. The van der Waals surface area contributed by atoms with Gasteiger partial charge in [-0.05, 0) is 35.9 Å². The Labute approximate surface area is 122 Å². The molecule has 3 rings (SSSR count). The van der Waals surface area contributed by atoms with Gasteiger partial charge in [0.25, 0.3) is 0 Å². The van der Waals surface area contributed by atoms with E-state index in [9.17, 15) is 0 Å². The highest BCUT2D eigenvalue weighted by molar-refractivity contribution is 5.58. The van der Waals surface area contributed by atoms with Crippen molar-refractivity contribution in [1.29, 1.82) is 5.26 Å². The highest BCUT2D eigenvalue weighted by Gasteiger charge is 2.06. The third-order valence-electron chi connectivity index (χ3n) is 3.18. The van der Waals surface area contributed by atoms with E-state index < -0.39 is 0 Å². The molecule has 0 atom stereocenters. The molecule has 2 N–H and O–H groups in total. The first-order chi connectivity index (χ1) is 10.3. The summed E-state index contributed by atoms with van der Waals surface area (Å²) in [6.07, 6.45) is 1.67. The summed E-state index contributed by atoms with van der Waals surface area (Å²) >= 11 is 0. The van der Waals surface area contributed by atoms with Crippen LogP contribution in [-0.4, -0.2) is 14.8 Å². The van der Waals surface area contributed by atoms with Crippen LogP contribution >= 0.6 is 0 Å². The number of nitrogen functional groups attached to an aromatic ring is 1. The van der Waals surface area contributed by atoms with Gasteiger partial charge in [-0.2, -0.15) is 10.4 Å². The molecule has 0 aliphatic rings. The van der Waals surface area contributed by atoms with Gasteiger partial charge in [0.2, 0.25) is 0 Å². The first kappa shape index (κ1) is 12.9. The molecular weight excluding hydrogens is 262 g/mol. The first-order valence-electron chi connectivity index (χ1n) is 6.49. The molecule has 0 unspecified atom stereocenters. The second-order valence-corrected chi connectivity index (χ2v) is 4.66. The fourth-order valence-corrected chi connectivity index (χ4v) is 2.08. The minimum atomic E-state index is 0.520. The van der Waals surface area contributed by atoms with Crippen molar-refractivity contribution in [3.63, 3.8) is 0 Å². The molecule has 21 heavy (non-hydrogen) atoms. The molecular formula is C16H13N5. The minimum absolute atomic E-state index is 0.520. The van der Waals surface area contributed by atoms with Crippen LogP contribution in [-0.2, 0) is 6.54 Å². The van der Waals surface area contributed by atoms with Crippen molar-refractivity contribution in [2.24, 2.45) is 0 Å². The Balaban J connectivity index is 1.86. The molecule has 0 bridgehead atoms. The summed E-state index contributed by atoms with van der Waals surface area (Å²) in [5.41, 5.74) is 8.87. The van der Waals surface area contributed by atoms with Gasteiger partial charge in [-0.1, -0.05) is 18.2 Å². The minimum Gasteiger partial charge on any atom is -0.399 e. The molecule has 0 aliphatic carbocycles. The summed E-state index contributed by atoms with van der Waals surface area (Å²) < 4.78 is 1.72. The fraction of sp³-hybridized carbons (Fsp3) is 0.0625. The van der Waals surface area contributed by atoms with E-state index in [1.54, 1.807) is 17.1 Å². The molecule has 0 aliphatic heterocycles. The zero-order valence-corrected chi connectivity index (χ0v) is 11.3. The number of rotatable bonds is 3. The standard InChI is InChI=1S/C16H13N5/c17-9-13-3-1-2-4-14(13)10-21-11-19-16(20-21)12-5-7-15(18)8-6-12/h1-8,11H,10,18H2. The Morgan fingerprint density at radius 3 is 2.62 bits per heavy atom. The van der Waals surface area contributed by atoms with Crippen LogP contribution in [0.3, 0.4) is 0 Å². The Hall–Kier alpha value is -3.13. The largest absolute Gasteiger partial charge is 0.399 e. The van der Waals surface area contributed by atoms with Crippen molar-refractivity contribution in [2.75, 3.05) is 5.73 Å². The topological polar surface area (TPSA) is 80.5 Å². The van der Waals surface area contributed by atoms with Crippen LogP contribution in [0.4, 0.5) is 5.69 Å². The van der Waals surface area contributed by atoms with E-state index >= 15 is 0 Å². The van der Waals surface area contributed by atoms with Crippen LogP contribution in [0, 0.1) is 11.3 Å². The second-order valence-electron chi connectivity index (χ2n) is 4.66. The zero-order valence-electron chi connectivity index (χ0n) is 11.3. The van der Waals surface area contributed by atoms with Gasteiger partial charge in [0, 0.05) is 11.3 Å². The number of hydrogen-bond donors (Lipinski definition) is 1. The van der Waals surface area contributed by atoms with Gasteiger partial charge in [0.05, 0.1) is 18.2 Å². The number of hydrogen-bond acceptors (Lipinski definition) is 4. The summed E-state index contributed by atoms with van der Waals surface area (Å²) in [5, 5.41) is 13.5. The Morgan fingerprint density at radius 2 is 1.86 bits per heavy atom. The van der Waals surface area contributed by atoms with E-state index in [4.69, 9.17) is 11.0 Å². The zero-order chi connectivity index (χ0) is 14.7. The summed E-state index contributed by atoms with van der Waals surface area (Å²) in [5.74, 6) is 0.643. The van der Waals surface area contributed by atoms with E-state index in [2.05, 4.69) is 16.2 Å². The molecule has 2 aromatic carbocycles. The van der Waals surface area contributed by atoms with Crippen molar-refractivity contribution < 1.29 is 0 Å². The monoisotopic (exact) mass is 275 g/mol. The molecule has 0 radical (unpaired) electrons. The average molecular weight is 275 g/mol. The van der Waals surface area contributed by atoms with Crippen LogP contribution in [0.2, 0.25) is 0 Å². The molecule has 1 heterocycles. The number of anilines is 1. The van der Waals surface area contributed by atoms with Crippen molar-refractivity contribution in [1.82, 2.24) is 14.8 Å². The molecule has 0 amide bonds. The molecule has 3 aromatic rings. The number of nitrogens with two attached hydrogens (primary N) is 1. The fourth-order valence-electron chi connectivity index (χ4n) is 2.08. The predicted molar refractivity (Wildman–Crippen MR) is 80.1 cm³/mol. The van der Waals surface area contributed by atoms with Crippen LogP contribution in [0.15, 0.2) is 54.9 Å². The van der Waals surface area contributed by atoms with E-state index in [0.717, 1.165) is 11.1 Å². The number of benzene rings is 2. The first-order valence-corrected chi connectivity index (χ1v) is 6.49. The highest BCUT2D eigenvalue weighted by Crippen LogP contribution is 2.16. The molecule has 102 valence electrons. The van der Waals surface area contributed by atoms with Gasteiger partial charge in [-0.25, -0.2) is 9.67 Å². The van der Waals surface area contributed by atoms with E-state index in [-0.39, 0.29) is 0 Å². The molecule has 0 saturated heterocycles. The molecule has 5 nitrogen and oxygen atoms in total. The Bertz CT molecular complexity index is 796. The van der Waals surface area contributed by atoms with Gasteiger partial charge in [-0.15, -0.1) is 0 Å². The molecule has 5 heteroatoms. The van der Waals surface area contributed by atoms with Crippen LogP contribution in [0.5, 0.6) is 0 Å². The lowest BCUT2D eigenvalue weighted by Crippen LogP contribution is -2.02. The molecule has 0 spiro atoms. The van der Waals surface area contributed by atoms with Crippen molar-refractivity contribution in [3.8, 4) is 17.5 Å².